The number of aliphatic hydroxyl groups is 1. The molecule has 0 saturated heterocycles. The highest BCUT2D eigenvalue weighted by Gasteiger charge is 2.02. The Hall–Kier alpha value is -1.67. The smallest absolute Gasteiger partial charge is 0.138 e. The van der Waals surface area contributed by atoms with Gasteiger partial charge in [-0.2, -0.15) is 0 Å². The van der Waals surface area contributed by atoms with Gasteiger partial charge in [-0.15, -0.1) is 11.3 Å². The average molecular weight is 290 g/mol. The number of ether oxygens (including phenoxy) is 1. The quantitative estimate of drug-likeness (QED) is 0.677. The van der Waals surface area contributed by atoms with Gasteiger partial charge in [-0.25, -0.2) is 4.39 Å². The van der Waals surface area contributed by atoms with Crippen molar-refractivity contribution in [2.75, 3.05) is 13.2 Å². The average Bonchev–Trinajstić information content (AvgIpc) is 2.97. The van der Waals surface area contributed by atoms with Gasteiger partial charge in [-0.1, -0.05) is 24.0 Å². The molecule has 1 heterocycles. The van der Waals surface area contributed by atoms with E-state index in [1.165, 1.54) is 10.9 Å². The van der Waals surface area contributed by atoms with E-state index in [4.69, 9.17) is 9.84 Å². The highest BCUT2D eigenvalue weighted by atomic mass is 32.1. The number of benzene rings is 1. The molecule has 0 bridgehead atoms. The van der Waals surface area contributed by atoms with Gasteiger partial charge in [0.1, 0.15) is 12.4 Å². The maximum absolute atomic E-state index is 13.4. The van der Waals surface area contributed by atoms with E-state index >= 15 is 0 Å². The van der Waals surface area contributed by atoms with Gasteiger partial charge in [0.15, 0.2) is 0 Å². The number of thiophene rings is 1. The van der Waals surface area contributed by atoms with E-state index in [1.807, 2.05) is 11.4 Å². The van der Waals surface area contributed by atoms with Crippen LogP contribution in [0.4, 0.5) is 4.39 Å². The minimum absolute atomic E-state index is 0.277. The predicted octanol–water partition coefficient (Wildman–Crippen LogP) is 2.99. The molecule has 0 saturated carbocycles. The summed E-state index contributed by atoms with van der Waals surface area (Å²) in [5.41, 5.74) is 1.17. The lowest BCUT2D eigenvalue weighted by atomic mass is 10.1. The van der Waals surface area contributed by atoms with E-state index in [9.17, 15) is 4.39 Å². The molecule has 0 aliphatic rings. The summed E-state index contributed by atoms with van der Waals surface area (Å²) < 4.78 is 19.0. The predicted molar refractivity (Wildman–Crippen MR) is 78.0 cm³/mol. The summed E-state index contributed by atoms with van der Waals surface area (Å²) >= 11 is 1.71. The van der Waals surface area contributed by atoms with Gasteiger partial charge in [0.2, 0.25) is 0 Å². The molecule has 20 heavy (non-hydrogen) atoms. The van der Waals surface area contributed by atoms with Crippen LogP contribution in [-0.4, -0.2) is 18.3 Å². The molecule has 1 aromatic carbocycles. The van der Waals surface area contributed by atoms with E-state index in [0.29, 0.717) is 18.8 Å². The van der Waals surface area contributed by atoms with Crippen molar-refractivity contribution >= 4 is 11.3 Å². The zero-order valence-electron chi connectivity index (χ0n) is 10.9. The fourth-order valence-corrected chi connectivity index (χ4v) is 2.40. The first-order chi connectivity index (χ1) is 9.79. The number of hydrogen-bond donors (Lipinski definition) is 1. The molecule has 2 rings (SSSR count). The van der Waals surface area contributed by atoms with Crippen LogP contribution in [0.2, 0.25) is 0 Å². The number of rotatable bonds is 5. The maximum Gasteiger partial charge on any atom is 0.138 e. The van der Waals surface area contributed by atoms with E-state index < -0.39 is 0 Å². The molecule has 0 aliphatic carbocycles. The normalized spacial score (nSPS) is 10.1. The van der Waals surface area contributed by atoms with Crippen LogP contribution in [-0.2, 0) is 17.8 Å². The Morgan fingerprint density at radius 1 is 1.30 bits per heavy atom. The molecule has 0 atom stereocenters. The molecule has 1 aromatic heterocycles. The summed E-state index contributed by atoms with van der Waals surface area (Å²) in [6, 6.07) is 8.81. The Balaban J connectivity index is 1.86. The Bertz CT molecular complexity index is 597. The molecule has 0 spiro atoms. The minimum atomic E-state index is -0.381. The SMILES string of the molecule is OCC#Cc1cc(COCCc2cccs2)ccc1F. The summed E-state index contributed by atoms with van der Waals surface area (Å²) in [6.45, 7) is 0.788. The highest BCUT2D eigenvalue weighted by Crippen LogP contribution is 2.12. The monoisotopic (exact) mass is 290 g/mol. The van der Waals surface area contributed by atoms with Crippen molar-refractivity contribution < 1.29 is 14.2 Å². The van der Waals surface area contributed by atoms with E-state index in [2.05, 4.69) is 17.9 Å². The zero-order valence-corrected chi connectivity index (χ0v) is 11.8. The molecule has 104 valence electrons. The van der Waals surface area contributed by atoms with Gasteiger partial charge >= 0.3 is 0 Å². The van der Waals surface area contributed by atoms with Crippen molar-refractivity contribution in [3.63, 3.8) is 0 Å². The van der Waals surface area contributed by atoms with E-state index in [0.717, 1.165) is 12.0 Å². The van der Waals surface area contributed by atoms with E-state index in [-0.39, 0.29) is 12.4 Å². The Morgan fingerprint density at radius 3 is 2.95 bits per heavy atom. The fourth-order valence-electron chi connectivity index (χ4n) is 1.71. The molecule has 0 unspecified atom stereocenters. The maximum atomic E-state index is 13.4. The lowest BCUT2D eigenvalue weighted by Crippen LogP contribution is -1.99. The second-order valence-corrected chi connectivity index (χ2v) is 5.19. The lowest BCUT2D eigenvalue weighted by molar-refractivity contribution is 0.124. The van der Waals surface area contributed by atoms with Crippen molar-refractivity contribution in [3.8, 4) is 11.8 Å². The topological polar surface area (TPSA) is 29.5 Å². The zero-order chi connectivity index (χ0) is 14.2. The van der Waals surface area contributed by atoms with Crippen molar-refractivity contribution in [1.29, 1.82) is 0 Å². The summed E-state index contributed by atoms with van der Waals surface area (Å²) in [5, 5.41) is 10.7. The fraction of sp³-hybridized carbons (Fsp3) is 0.250. The molecule has 2 nitrogen and oxygen atoms in total. The van der Waals surface area contributed by atoms with Gasteiger partial charge in [-0.05, 0) is 29.1 Å². The number of aliphatic hydroxyl groups excluding tert-OH is 1. The van der Waals surface area contributed by atoms with Gasteiger partial charge in [0.05, 0.1) is 18.8 Å². The van der Waals surface area contributed by atoms with Crippen molar-refractivity contribution in [2.24, 2.45) is 0 Å². The molecular formula is C16H15FO2S. The van der Waals surface area contributed by atoms with Crippen LogP contribution in [0.1, 0.15) is 16.0 Å². The molecule has 0 radical (unpaired) electrons. The molecule has 4 heteroatoms. The standard InChI is InChI=1S/C16H15FO2S/c17-16-6-5-13(11-14(16)3-1-8-18)12-19-9-7-15-4-2-10-20-15/h2,4-6,10-11,18H,7-9,12H2. The van der Waals surface area contributed by atoms with Crippen LogP contribution in [0.3, 0.4) is 0 Å². The Kier molecular flexibility index (Phi) is 5.75. The van der Waals surface area contributed by atoms with Crippen LogP contribution in [0.25, 0.3) is 0 Å². The van der Waals surface area contributed by atoms with Crippen LogP contribution in [0.15, 0.2) is 35.7 Å². The molecule has 0 amide bonds. The largest absolute Gasteiger partial charge is 0.384 e. The highest BCUT2D eigenvalue weighted by molar-refractivity contribution is 7.09. The first kappa shape index (κ1) is 14.7. The Labute approximate surface area is 121 Å². The molecule has 0 aliphatic heterocycles. The van der Waals surface area contributed by atoms with Crippen molar-refractivity contribution in [3.05, 3.63) is 57.5 Å². The number of hydrogen-bond acceptors (Lipinski definition) is 3. The van der Waals surface area contributed by atoms with E-state index in [1.54, 1.807) is 23.5 Å². The molecule has 1 N–H and O–H groups in total. The third-order valence-electron chi connectivity index (χ3n) is 2.67. The van der Waals surface area contributed by atoms with Gasteiger partial charge < -0.3 is 9.84 Å². The minimum Gasteiger partial charge on any atom is -0.384 e. The molecule has 2 aromatic rings. The van der Waals surface area contributed by atoms with Crippen molar-refractivity contribution in [1.82, 2.24) is 0 Å². The second-order valence-electron chi connectivity index (χ2n) is 4.16. The summed E-state index contributed by atoms with van der Waals surface area (Å²) in [7, 11) is 0. The van der Waals surface area contributed by atoms with Crippen molar-refractivity contribution in [2.45, 2.75) is 13.0 Å². The third-order valence-corrected chi connectivity index (χ3v) is 3.61. The summed E-state index contributed by atoms with van der Waals surface area (Å²) in [5.74, 6) is 4.65. The van der Waals surface area contributed by atoms with Gasteiger partial charge in [-0.3, -0.25) is 0 Å². The van der Waals surface area contributed by atoms with Crippen LogP contribution < -0.4 is 0 Å². The molecule has 0 fully saturated rings. The van der Waals surface area contributed by atoms with Crippen LogP contribution in [0, 0.1) is 17.7 Å². The summed E-state index contributed by atoms with van der Waals surface area (Å²) in [4.78, 5) is 1.29. The third kappa shape index (κ3) is 4.46. The van der Waals surface area contributed by atoms with Crippen LogP contribution >= 0.6 is 11.3 Å². The van der Waals surface area contributed by atoms with Gasteiger partial charge in [0.25, 0.3) is 0 Å². The first-order valence-corrected chi connectivity index (χ1v) is 7.16. The lowest BCUT2D eigenvalue weighted by Gasteiger charge is -2.05. The first-order valence-electron chi connectivity index (χ1n) is 6.28. The summed E-state index contributed by atoms with van der Waals surface area (Å²) in [6.07, 6.45) is 0.885. The number of halogens is 1. The van der Waals surface area contributed by atoms with Gasteiger partial charge in [0, 0.05) is 11.3 Å². The Morgan fingerprint density at radius 2 is 2.20 bits per heavy atom. The molecular weight excluding hydrogens is 275 g/mol. The van der Waals surface area contributed by atoms with Crippen LogP contribution in [0.5, 0.6) is 0 Å². The second kappa shape index (κ2) is 7.81.